The Bertz CT molecular complexity index is 839. The van der Waals surface area contributed by atoms with Gasteiger partial charge < -0.3 is 15.0 Å². The summed E-state index contributed by atoms with van der Waals surface area (Å²) >= 11 is 12.1. The molecule has 1 saturated heterocycles. The largest absolute Gasteiger partial charge is 0.482 e. The molecular formula is C20H21Cl2N3O3. The van der Waals surface area contributed by atoms with Gasteiger partial charge in [0.1, 0.15) is 5.75 Å². The zero-order valence-corrected chi connectivity index (χ0v) is 16.7. The highest BCUT2D eigenvalue weighted by Crippen LogP contribution is 2.23. The van der Waals surface area contributed by atoms with E-state index in [1.165, 1.54) is 0 Å². The number of rotatable bonds is 6. The van der Waals surface area contributed by atoms with E-state index in [1.807, 2.05) is 17.0 Å². The van der Waals surface area contributed by atoms with Crippen molar-refractivity contribution in [2.75, 3.05) is 44.6 Å². The summed E-state index contributed by atoms with van der Waals surface area (Å²) in [5.74, 6) is 0.266. The second-order valence-electron chi connectivity index (χ2n) is 6.40. The predicted molar refractivity (Wildman–Crippen MR) is 110 cm³/mol. The number of halogens is 2. The molecule has 1 fully saturated rings. The molecule has 3 rings (SSSR count). The fourth-order valence-electron chi connectivity index (χ4n) is 2.90. The molecule has 6 nitrogen and oxygen atoms in total. The number of carbonyl (C=O) groups excluding carboxylic acids is 2. The third-order valence-corrected chi connectivity index (χ3v) is 5.07. The Morgan fingerprint density at radius 1 is 0.929 bits per heavy atom. The summed E-state index contributed by atoms with van der Waals surface area (Å²) in [4.78, 5) is 28.3. The smallest absolute Gasteiger partial charge is 0.260 e. The van der Waals surface area contributed by atoms with Crippen molar-refractivity contribution >= 4 is 40.7 Å². The van der Waals surface area contributed by atoms with E-state index in [2.05, 4.69) is 5.32 Å². The van der Waals surface area contributed by atoms with Crippen LogP contribution in [0.15, 0.2) is 48.5 Å². The van der Waals surface area contributed by atoms with E-state index in [1.54, 1.807) is 41.3 Å². The standard InChI is InChI=1S/C20H21Cl2N3O3/c21-15-5-1-3-7-17(15)23-19(26)13-24-9-11-25(12-10-24)20(27)14-28-18-8-4-2-6-16(18)22/h1-8H,9-14H2,(H,23,26). The summed E-state index contributed by atoms with van der Waals surface area (Å²) < 4.78 is 5.51. The molecular weight excluding hydrogens is 401 g/mol. The van der Waals surface area contributed by atoms with Crippen molar-refractivity contribution in [2.45, 2.75) is 0 Å². The molecule has 1 aliphatic rings. The lowest BCUT2D eigenvalue weighted by molar-refractivity contribution is -0.135. The highest BCUT2D eigenvalue weighted by molar-refractivity contribution is 6.33. The highest BCUT2D eigenvalue weighted by atomic mass is 35.5. The van der Waals surface area contributed by atoms with Crippen molar-refractivity contribution in [2.24, 2.45) is 0 Å². The van der Waals surface area contributed by atoms with Crippen LogP contribution in [0.4, 0.5) is 5.69 Å². The molecule has 2 amide bonds. The molecule has 0 aliphatic carbocycles. The maximum Gasteiger partial charge on any atom is 0.260 e. The van der Waals surface area contributed by atoms with Crippen LogP contribution in [0, 0.1) is 0 Å². The lowest BCUT2D eigenvalue weighted by atomic mass is 10.3. The summed E-state index contributed by atoms with van der Waals surface area (Å²) in [5, 5.41) is 3.79. The number of carbonyl (C=O) groups is 2. The molecule has 0 spiro atoms. The van der Waals surface area contributed by atoms with Gasteiger partial charge >= 0.3 is 0 Å². The fraction of sp³-hybridized carbons (Fsp3) is 0.300. The van der Waals surface area contributed by atoms with Crippen molar-refractivity contribution in [3.63, 3.8) is 0 Å². The third-order valence-electron chi connectivity index (χ3n) is 4.43. The lowest BCUT2D eigenvalue weighted by Crippen LogP contribution is -2.51. The summed E-state index contributed by atoms with van der Waals surface area (Å²) in [6, 6.07) is 14.2. The number of benzene rings is 2. The van der Waals surface area contributed by atoms with Crippen LogP contribution < -0.4 is 10.1 Å². The van der Waals surface area contributed by atoms with E-state index < -0.39 is 0 Å². The van der Waals surface area contributed by atoms with E-state index in [0.29, 0.717) is 47.7 Å². The van der Waals surface area contributed by atoms with E-state index in [0.717, 1.165) is 0 Å². The number of nitrogens with one attached hydrogen (secondary N) is 1. The van der Waals surface area contributed by atoms with Crippen LogP contribution >= 0.6 is 23.2 Å². The summed E-state index contributed by atoms with van der Waals surface area (Å²) in [6.45, 7) is 2.52. The number of amides is 2. The minimum atomic E-state index is -0.130. The Hall–Kier alpha value is -2.28. The Balaban J connectivity index is 1.41. The van der Waals surface area contributed by atoms with Gasteiger partial charge in [-0.15, -0.1) is 0 Å². The number of hydrogen-bond donors (Lipinski definition) is 1. The molecule has 148 valence electrons. The first-order valence-corrected chi connectivity index (χ1v) is 9.70. The Morgan fingerprint density at radius 3 is 2.25 bits per heavy atom. The van der Waals surface area contributed by atoms with Crippen LogP contribution in [-0.4, -0.2) is 60.9 Å². The lowest BCUT2D eigenvalue weighted by Gasteiger charge is -2.34. The molecule has 28 heavy (non-hydrogen) atoms. The van der Waals surface area contributed by atoms with Crippen molar-refractivity contribution < 1.29 is 14.3 Å². The number of piperazine rings is 1. The highest BCUT2D eigenvalue weighted by Gasteiger charge is 2.23. The van der Waals surface area contributed by atoms with E-state index in [4.69, 9.17) is 27.9 Å². The van der Waals surface area contributed by atoms with Crippen molar-refractivity contribution in [1.82, 2.24) is 9.80 Å². The third kappa shape index (κ3) is 5.61. The zero-order chi connectivity index (χ0) is 19.9. The molecule has 8 heteroatoms. The van der Waals surface area contributed by atoms with Crippen molar-refractivity contribution in [1.29, 1.82) is 0 Å². The first-order valence-electron chi connectivity index (χ1n) is 8.95. The van der Waals surface area contributed by atoms with E-state index >= 15 is 0 Å². The molecule has 0 bridgehead atoms. The first-order chi connectivity index (χ1) is 13.5. The van der Waals surface area contributed by atoms with Crippen molar-refractivity contribution in [3.8, 4) is 5.75 Å². The monoisotopic (exact) mass is 421 g/mol. The van der Waals surface area contributed by atoms with Crippen LogP contribution in [0.25, 0.3) is 0 Å². The number of para-hydroxylation sites is 2. The van der Waals surface area contributed by atoms with Crippen LogP contribution in [0.1, 0.15) is 0 Å². The van der Waals surface area contributed by atoms with E-state index in [-0.39, 0.29) is 25.0 Å². The molecule has 0 atom stereocenters. The predicted octanol–water partition coefficient (Wildman–Crippen LogP) is 3.16. The summed E-state index contributed by atoms with van der Waals surface area (Å²) in [6.07, 6.45) is 0. The fourth-order valence-corrected chi connectivity index (χ4v) is 3.28. The number of ether oxygens (including phenoxy) is 1. The quantitative estimate of drug-likeness (QED) is 0.777. The molecule has 0 saturated carbocycles. The van der Waals surface area contributed by atoms with Gasteiger partial charge in [-0.25, -0.2) is 0 Å². The Morgan fingerprint density at radius 2 is 1.57 bits per heavy atom. The van der Waals surface area contributed by atoms with E-state index in [9.17, 15) is 9.59 Å². The molecule has 2 aromatic rings. The van der Waals surface area contributed by atoms with Gasteiger partial charge in [0.2, 0.25) is 5.91 Å². The maximum atomic E-state index is 12.3. The maximum absolute atomic E-state index is 12.3. The minimum absolute atomic E-state index is 0.0588. The summed E-state index contributed by atoms with van der Waals surface area (Å²) in [5.41, 5.74) is 0.597. The number of nitrogens with zero attached hydrogens (tertiary/aromatic N) is 2. The van der Waals surface area contributed by atoms with Gasteiger partial charge in [-0.2, -0.15) is 0 Å². The minimum Gasteiger partial charge on any atom is -0.482 e. The molecule has 1 N–H and O–H groups in total. The summed E-state index contributed by atoms with van der Waals surface area (Å²) in [7, 11) is 0. The normalized spacial score (nSPS) is 14.6. The van der Waals surface area contributed by atoms with Gasteiger partial charge in [-0.05, 0) is 24.3 Å². The van der Waals surface area contributed by atoms with Gasteiger partial charge in [-0.1, -0.05) is 47.5 Å². The average Bonchev–Trinajstić information content (AvgIpc) is 2.69. The van der Waals surface area contributed by atoms with Gasteiger partial charge in [0.05, 0.1) is 22.3 Å². The molecule has 2 aromatic carbocycles. The van der Waals surface area contributed by atoms with Gasteiger partial charge in [-0.3, -0.25) is 14.5 Å². The Labute approximate surface area is 174 Å². The average molecular weight is 422 g/mol. The topological polar surface area (TPSA) is 61.9 Å². The van der Waals surface area contributed by atoms with Gasteiger partial charge in [0.25, 0.3) is 5.91 Å². The van der Waals surface area contributed by atoms with Crippen LogP contribution in [-0.2, 0) is 9.59 Å². The second-order valence-corrected chi connectivity index (χ2v) is 7.22. The van der Waals surface area contributed by atoms with Crippen LogP contribution in [0.5, 0.6) is 5.75 Å². The molecule has 1 heterocycles. The van der Waals surface area contributed by atoms with Crippen LogP contribution in [0.2, 0.25) is 10.0 Å². The molecule has 1 aliphatic heterocycles. The molecule has 0 unspecified atom stereocenters. The second kappa shape index (κ2) is 9.78. The SMILES string of the molecule is O=C(CN1CCN(C(=O)COc2ccccc2Cl)CC1)Nc1ccccc1Cl. The van der Waals surface area contributed by atoms with Gasteiger partial charge in [0.15, 0.2) is 6.61 Å². The zero-order valence-electron chi connectivity index (χ0n) is 15.2. The van der Waals surface area contributed by atoms with Crippen LogP contribution in [0.3, 0.4) is 0 Å². The molecule has 0 radical (unpaired) electrons. The molecule has 0 aromatic heterocycles. The van der Waals surface area contributed by atoms with Gasteiger partial charge in [0, 0.05) is 26.2 Å². The Kier molecular flexibility index (Phi) is 7.14. The number of hydrogen-bond acceptors (Lipinski definition) is 4. The van der Waals surface area contributed by atoms with Crippen molar-refractivity contribution in [3.05, 3.63) is 58.6 Å². The number of anilines is 1. The first kappa shape index (κ1) is 20.5.